The first-order valence-electron chi connectivity index (χ1n) is 6.57. The fourth-order valence-corrected chi connectivity index (χ4v) is 2.01. The van der Waals surface area contributed by atoms with E-state index in [-0.39, 0.29) is 0 Å². The Hall–Kier alpha value is -2.79. The van der Waals surface area contributed by atoms with Crippen LogP contribution in [-0.2, 0) is 0 Å². The van der Waals surface area contributed by atoms with Crippen molar-refractivity contribution in [1.29, 1.82) is 0 Å². The lowest BCUT2D eigenvalue weighted by molar-refractivity contribution is 1.01. The third kappa shape index (κ3) is 2.88. The van der Waals surface area contributed by atoms with E-state index in [0.29, 0.717) is 0 Å². The summed E-state index contributed by atoms with van der Waals surface area (Å²) in [6.07, 6.45) is 3.49. The molecule has 0 spiro atoms. The quantitative estimate of drug-likeness (QED) is 0.588. The average molecular weight is 277 g/mol. The smallest absolute Gasteiger partial charge is 0.0915 e. The molecule has 0 aliphatic heterocycles. The van der Waals surface area contributed by atoms with Gasteiger partial charge in [-0.15, -0.1) is 0 Å². The van der Waals surface area contributed by atoms with Crippen LogP contribution in [0.4, 0.5) is 5.69 Å². The van der Waals surface area contributed by atoms with E-state index in [0.717, 1.165) is 28.5 Å². The minimum absolute atomic E-state index is 0.769. The number of hydrogen-bond donors (Lipinski definition) is 1. The zero-order valence-corrected chi connectivity index (χ0v) is 11.6. The Balaban J connectivity index is 2.16. The molecule has 104 valence electrons. The summed E-state index contributed by atoms with van der Waals surface area (Å²) < 4.78 is 0. The average Bonchev–Trinajstić information content (AvgIpc) is 2.56. The standard InChI is InChI=1S/C16H15N5/c1-21(17)12-10-15(13-6-2-4-8-18-13)20-16(11-12)14-7-3-5-9-19-14/h2-11H,17H2,1H3. The van der Waals surface area contributed by atoms with Crippen LogP contribution in [-0.4, -0.2) is 22.0 Å². The van der Waals surface area contributed by atoms with Crippen molar-refractivity contribution in [2.75, 3.05) is 12.1 Å². The molecule has 0 unspecified atom stereocenters. The van der Waals surface area contributed by atoms with Crippen molar-refractivity contribution in [2.45, 2.75) is 0 Å². The summed E-state index contributed by atoms with van der Waals surface area (Å²) in [7, 11) is 1.79. The minimum Gasteiger partial charge on any atom is -0.314 e. The first kappa shape index (κ1) is 13.2. The maximum atomic E-state index is 5.87. The normalized spacial score (nSPS) is 10.4. The molecule has 3 rings (SSSR count). The van der Waals surface area contributed by atoms with Gasteiger partial charge in [0.25, 0.3) is 0 Å². The van der Waals surface area contributed by atoms with Crippen molar-refractivity contribution < 1.29 is 0 Å². The number of aromatic nitrogens is 3. The topological polar surface area (TPSA) is 67.9 Å². The van der Waals surface area contributed by atoms with Crippen molar-refractivity contribution in [2.24, 2.45) is 5.84 Å². The van der Waals surface area contributed by atoms with E-state index in [9.17, 15) is 0 Å². The summed E-state index contributed by atoms with van der Waals surface area (Å²) in [5, 5.41) is 1.56. The molecule has 0 bridgehead atoms. The first-order valence-corrected chi connectivity index (χ1v) is 6.57. The van der Waals surface area contributed by atoms with Gasteiger partial charge in [0.15, 0.2) is 0 Å². The number of nitrogens with zero attached hydrogens (tertiary/aromatic N) is 4. The van der Waals surface area contributed by atoms with E-state index in [1.807, 2.05) is 48.5 Å². The SMILES string of the molecule is CN(N)c1cc(-c2ccccn2)nc(-c2ccccn2)c1. The summed E-state index contributed by atoms with van der Waals surface area (Å²) in [5.74, 6) is 5.87. The van der Waals surface area contributed by atoms with Crippen LogP contribution in [0.25, 0.3) is 22.8 Å². The Morgan fingerprint density at radius 3 is 1.71 bits per heavy atom. The van der Waals surface area contributed by atoms with Gasteiger partial charge in [0, 0.05) is 19.4 Å². The zero-order chi connectivity index (χ0) is 14.7. The van der Waals surface area contributed by atoms with Crippen molar-refractivity contribution >= 4 is 5.69 Å². The molecule has 3 aromatic heterocycles. The molecule has 0 radical (unpaired) electrons. The van der Waals surface area contributed by atoms with E-state index in [2.05, 4.69) is 15.0 Å². The van der Waals surface area contributed by atoms with E-state index < -0.39 is 0 Å². The van der Waals surface area contributed by atoms with Gasteiger partial charge in [0.05, 0.1) is 28.5 Å². The van der Waals surface area contributed by atoms with Gasteiger partial charge in [-0.25, -0.2) is 10.8 Å². The third-order valence-corrected chi connectivity index (χ3v) is 3.07. The van der Waals surface area contributed by atoms with Crippen LogP contribution in [0.2, 0.25) is 0 Å². The maximum Gasteiger partial charge on any atom is 0.0915 e. The van der Waals surface area contributed by atoms with E-state index >= 15 is 0 Å². The van der Waals surface area contributed by atoms with Crippen LogP contribution < -0.4 is 10.9 Å². The molecule has 21 heavy (non-hydrogen) atoms. The van der Waals surface area contributed by atoms with Crippen LogP contribution in [0.1, 0.15) is 0 Å². The van der Waals surface area contributed by atoms with Gasteiger partial charge in [-0.3, -0.25) is 9.97 Å². The largest absolute Gasteiger partial charge is 0.314 e. The molecule has 3 aromatic rings. The number of hydrazine groups is 1. The molecular formula is C16H15N5. The lowest BCUT2D eigenvalue weighted by Gasteiger charge is -2.14. The third-order valence-electron chi connectivity index (χ3n) is 3.07. The van der Waals surface area contributed by atoms with Crippen LogP contribution in [0.3, 0.4) is 0 Å². The number of pyridine rings is 3. The molecule has 2 N–H and O–H groups in total. The molecule has 0 aliphatic carbocycles. The summed E-state index contributed by atoms with van der Waals surface area (Å²) in [6, 6.07) is 15.3. The molecular weight excluding hydrogens is 262 g/mol. The van der Waals surface area contributed by atoms with Crippen molar-refractivity contribution in [3.8, 4) is 22.8 Å². The van der Waals surface area contributed by atoms with Crippen molar-refractivity contribution in [3.05, 3.63) is 60.9 Å². The second kappa shape index (κ2) is 5.68. The van der Waals surface area contributed by atoms with Gasteiger partial charge in [0.2, 0.25) is 0 Å². The Bertz CT molecular complexity index is 668. The second-order valence-electron chi connectivity index (χ2n) is 4.64. The summed E-state index contributed by atoms with van der Waals surface area (Å²) >= 11 is 0. The monoisotopic (exact) mass is 277 g/mol. The second-order valence-corrected chi connectivity index (χ2v) is 4.64. The molecule has 0 amide bonds. The molecule has 0 fully saturated rings. The van der Waals surface area contributed by atoms with Gasteiger partial charge >= 0.3 is 0 Å². The molecule has 0 aliphatic rings. The van der Waals surface area contributed by atoms with Gasteiger partial charge in [-0.2, -0.15) is 0 Å². The molecule has 5 heteroatoms. The Morgan fingerprint density at radius 1 is 0.810 bits per heavy atom. The summed E-state index contributed by atoms with van der Waals surface area (Å²) in [5.41, 5.74) is 4.00. The first-order chi connectivity index (χ1) is 10.2. The van der Waals surface area contributed by atoms with Crippen molar-refractivity contribution in [1.82, 2.24) is 15.0 Å². The number of hydrogen-bond acceptors (Lipinski definition) is 5. The highest BCUT2D eigenvalue weighted by molar-refractivity contribution is 5.69. The highest BCUT2D eigenvalue weighted by Crippen LogP contribution is 2.25. The Labute approximate surface area is 123 Å². The van der Waals surface area contributed by atoms with Crippen LogP contribution in [0, 0.1) is 0 Å². The van der Waals surface area contributed by atoms with Gasteiger partial charge in [-0.1, -0.05) is 12.1 Å². The van der Waals surface area contributed by atoms with E-state index in [1.54, 1.807) is 24.5 Å². The minimum atomic E-state index is 0.769. The molecule has 0 aromatic carbocycles. The fourth-order valence-electron chi connectivity index (χ4n) is 2.01. The Morgan fingerprint density at radius 2 is 1.33 bits per heavy atom. The number of rotatable bonds is 3. The van der Waals surface area contributed by atoms with Crippen LogP contribution in [0.5, 0.6) is 0 Å². The lowest BCUT2D eigenvalue weighted by Crippen LogP contribution is -2.25. The fraction of sp³-hybridized carbons (Fsp3) is 0.0625. The predicted octanol–water partition coefficient (Wildman–Crippen LogP) is 2.52. The lowest BCUT2D eigenvalue weighted by atomic mass is 10.1. The molecule has 5 nitrogen and oxygen atoms in total. The van der Waals surface area contributed by atoms with Crippen LogP contribution >= 0.6 is 0 Å². The highest BCUT2D eigenvalue weighted by atomic mass is 15.4. The molecule has 0 atom stereocenters. The number of nitrogens with two attached hydrogens (primary N) is 1. The summed E-state index contributed by atoms with van der Waals surface area (Å²) in [6.45, 7) is 0. The van der Waals surface area contributed by atoms with Gasteiger partial charge < -0.3 is 5.01 Å². The highest BCUT2D eigenvalue weighted by Gasteiger charge is 2.09. The number of anilines is 1. The zero-order valence-electron chi connectivity index (χ0n) is 11.6. The molecule has 3 heterocycles. The van der Waals surface area contributed by atoms with Crippen molar-refractivity contribution in [3.63, 3.8) is 0 Å². The molecule has 0 saturated heterocycles. The maximum absolute atomic E-state index is 5.87. The van der Waals surface area contributed by atoms with Gasteiger partial charge in [-0.05, 0) is 36.4 Å². The van der Waals surface area contributed by atoms with Crippen LogP contribution in [0.15, 0.2) is 60.9 Å². The van der Waals surface area contributed by atoms with E-state index in [4.69, 9.17) is 5.84 Å². The van der Waals surface area contributed by atoms with Gasteiger partial charge in [0.1, 0.15) is 0 Å². The summed E-state index contributed by atoms with van der Waals surface area (Å²) in [4.78, 5) is 13.3. The predicted molar refractivity (Wildman–Crippen MR) is 83.3 cm³/mol. The molecule has 0 saturated carbocycles. The van der Waals surface area contributed by atoms with E-state index in [1.165, 1.54) is 0 Å². The Kier molecular flexibility index (Phi) is 3.57.